The Labute approximate surface area is 172 Å². The van der Waals surface area contributed by atoms with Crippen LogP contribution in [0.3, 0.4) is 0 Å². The van der Waals surface area contributed by atoms with Gasteiger partial charge in [-0.25, -0.2) is 9.36 Å². The Hall–Kier alpha value is -3.12. The van der Waals surface area contributed by atoms with Crippen LogP contribution in [0.2, 0.25) is 0 Å². The molecule has 0 aliphatic heterocycles. The van der Waals surface area contributed by atoms with Crippen molar-refractivity contribution in [3.8, 4) is 11.4 Å². The molecule has 0 fully saturated rings. The molecule has 0 saturated carbocycles. The van der Waals surface area contributed by atoms with Crippen LogP contribution in [0, 0.1) is 20.8 Å². The monoisotopic (exact) mass is 406 g/mol. The maximum absolute atomic E-state index is 13.5. The maximum Gasteiger partial charge on any atom is 0.337 e. The van der Waals surface area contributed by atoms with Gasteiger partial charge in [-0.2, -0.15) is 0 Å². The molecule has 0 spiro atoms. The molecule has 0 saturated heterocycles. The van der Waals surface area contributed by atoms with Gasteiger partial charge in [-0.15, -0.1) is 11.3 Å². The highest BCUT2D eigenvalue weighted by Crippen LogP contribution is 2.28. The summed E-state index contributed by atoms with van der Waals surface area (Å²) in [5.74, 6) is 0.595. The number of rotatable bonds is 4. The Balaban J connectivity index is 2.04. The molecule has 2 heterocycles. The zero-order valence-electron chi connectivity index (χ0n) is 16.9. The van der Waals surface area contributed by atoms with E-state index in [9.17, 15) is 9.59 Å². The minimum Gasteiger partial charge on any atom is -0.497 e. The molecule has 0 bridgehead atoms. The van der Waals surface area contributed by atoms with Crippen LogP contribution in [0.1, 0.15) is 21.6 Å². The SMILES string of the molecule is COc1cccc(-n2c(=O)c3c(C)c(C)sc3n(Cc3ccc(C)cc3)c2=O)c1. The third-order valence-corrected chi connectivity index (χ3v) is 6.45. The van der Waals surface area contributed by atoms with E-state index in [2.05, 4.69) is 0 Å². The van der Waals surface area contributed by atoms with Crippen LogP contribution in [0.5, 0.6) is 5.75 Å². The topological polar surface area (TPSA) is 53.2 Å². The Morgan fingerprint density at radius 1 is 1.00 bits per heavy atom. The molecule has 6 heteroatoms. The van der Waals surface area contributed by atoms with Crippen LogP contribution in [-0.4, -0.2) is 16.2 Å². The summed E-state index contributed by atoms with van der Waals surface area (Å²) in [7, 11) is 1.56. The summed E-state index contributed by atoms with van der Waals surface area (Å²) in [5, 5.41) is 0.599. The van der Waals surface area contributed by atoms with Gasteiger partial charge < -0.3 is 4.74 Å². The van der Waals surface area contributed by atoms with Crippen LogP contribution in [0.4, 0.5) is 0 Å². The molecule has 0 aliphatic rings. The van der Waals surface area contributed by atoms with Gasteiger partial charge >= 0.3 is 5.69 Å². The molecule has 0 atom stereocenters. The molecule has 0 aliphatic carbocycles. The highest BCUT2D eigenvalue weighted by atomic mass is 32.1. The molecular weight excluding hydrogens is 384 g/mol. The fraction of sp³-hybridized carbons (Fsp3) is 0.217. The van der Waals surface area contributed by atoms with Crippen molar-refractivity contribution in [2.45, 2.75) is 27.3 Å². The summed E-state index contributed by atoms with van der Waals surface area (Å²) in [4.78, 5) is 28.6. The predicted octanol–water partition coefficient (Wildman–Crippen LogP) is 4.20. The van der Waals surface area contributed by atoms with Crippen LogP contribution in [-0.2, 0) is 6.54 Å². The first kappa shape index (κ1) is 19.2. The molecule has 0 amide bonds. The molecule has 0 N–H and O–H groups in total. The lowest BCUT2D eigenvalue weighted by molar-refractivity contribution is 0.414. The molecule has 0 unspecified atom stereocenters. The molecule has 29 heavy (non-hydrogen) atoms. The first-order valence-electron chi connectivity index (χ1n) is 9.36. The smallest absolute Gasteiger partial charge is 0.337 e. The Kier molecular flexibility index (Phi) is 4.88. The van der Waals surface area contributed by atoms with Crippen molar-refractivity contribution in [2.24, 2.45) is 0 Å². The van der Waals surface area contributed by atoms with E-state index in [4.69, 9.17) is 4.74 Å². The molecule has 5 nitrogen and oxygen atoms in total. The summed E-state index contributed by atoms with van der Waals surface area (Å²) < 4.78 is 8.23. The van der Waals surface area contributed by atoms with Crippen molar-refractivity contribution < 1.29 is 4.74 Å². The molecule has 148 valence electrons. The van der Waals surface area contributed by atoms with Gasteiger partial charge in [-0.3, -0.25) is 9.36 Å². The lowest BCUT2D eigenvalue weighted by atomic mass is 10.1. The minimum atomic E-state index is -0.349. The van der Waals surface area contributed by atoms with Crippen molar-refractivity contribution in [1.82, 2.24) is 9.13 Å². The van der Waals surface area contributed by atoms with Gasteiger partial charge in [-0.1, -0.05) is 35.9 Å². The maximum atomic E-state index is 13.5. The van der Waals surface area contributed by atoms with Gasteiger partial charge in [0, 0.05) is 10.9 Å². The second-order valence-corrected chi connectivity index (χ2v) is 8.36. The van der Waals surface area contributed by atoms with Crippen molar-refractivity contribution in [3.63, 3.8) is 0 Å². The molecular formula is C23H22N2O3S. The van der Waals surface area contributed by atoms with Crippen molar-refractivity contribution >= 4 is 21.6 Å². The number of thiophene rings is 1. The number of benzene rings is 2. The number of ether oxygens (including phenoxy) is 1. The normalized spacial score (nSPS) is 11.2. The summed E-state index contributed by atoms with van der Waals surface area (Å²) in [6.45, 7) is 6.35. The van der Waals surface area contributed by atoms with Gasteiger partial charge in [0.25, 0.3) is 5.56 Å². The van der Waals surface area contributed by atoms with E-state index in [0.717, 1.165) is 26.4 Å². The van der Waals surface area contributed by atoms with Gasteiger partial charge in [0.05, 0.1) is 24.7 Å². The molecule has 2 aromatic heterocycles. The quantitative estimate of drug-likeness (QED) is 0.510. The number of fused-ring (bicyclic) bond motifs is 1. The van der Waals surface area contributed by atoms with E-state index in [1.165, 1.54) is 15.9 Å². The lowest BCUT2D eigenvalue weighted by Gasteiger charge is -2.13. The van der Waals surface area contributed by atoms with Crippen molar-refractivity contribution in [2.75, 3.05) is 7.11 Å². The average molecular weight is 407 g/mol. The fourth-order valence-corrected chi connectivity index (χ4v) is 4.59. The Bertz CT molecular complexity index is 1330. The van der Waals surface area contributed by atoms with E-state index in [-0.39, 0.29) is 11.2 Å². The lowest BCUT2D eigenvalue weighted by Crippen LogP contribution is -2.38. The second kappa shape index (κ2) is 7.37. The average Bonchev–Trinajstić information content (AvgIpc) is 3.01. The number of hydrogen-bond acceptors (Lipinski definition) is 4. The number of aromatic nitrogens is 2. The third-order valence-electron chi connectivity index (χ3n) is 5.22. The molecule has 0 radical (unpaired) electrons. The Morgan fingerprint density at radius 3 is 2.41 bits per heavy atom. The Morgan fingerprint density at radius 2 is 1.72 bits per heavy atom. The van der Waals surface area contributed by atoms with Crippen molar-refractivity contribution in [3.05, 3.63) is 90.9 Å². The van der Waals surface area contributed by atoms with Gasteiger partial charge in [0.2, 0.25) is 0 Å². The standard InChI is InChI=1S/C23H22N2O3S/c1-14-8-10-17(11-9-14)13-24-22-20(15(2)16(3)29-22)21(26)25(23(24)27)18-6-5-7-19(12-18)28-4/h5-12H,13H2,1-4H3. The highest BCUT2D eigenvalue weighted by molar-refractivity contribution is 7.18. The van der Waals surface area contributed by atoms with Crippen LogP contribution < -0.4 is 16.0 Å². The van der Waals surface area contributed by atoms with Gasteiger partial charge in [0.15, 0.2) is 0 Å². The first-order chi connectivity index (χ1) is 13.9. The summed E-state index contributed by atoms with van der Waals surface area (Å²) in [6, 6.07) is 15.1. The third kappa shape index (κ3) is 3.29. The number of methoxy groups -OCH3 is 1. The van der Waals surface area contributed by atoms with E-state index in [0.29, 0.717) is 23.4 Å². The fourth-order valence-electron chi connectivity index (χ4n) is 3.45. The van der Waals surface area contributed by atoms with E-state index in [1.807, 2.05) is 45.0 Å². The summed E-state index contributed by atoms with van der Waals surface area (Å²) >= 11 is 1.49. The zero-order valence-corrected chi connectivity index (χ0v) is 17.7. The predicted molar refractivity (Wildman–Crippen MR) is 118 cm³/mol. The van der Waals surface area contributed by atoms with Crippen LogP contribution in [0.25, 0.3) is 15.9 Å². The number of hydrogen-bond donors (Lipinski definition) is 0. The second-order valence-electron chi connectivity index (χ2n) is 7.16. The molecule has 4 aromatic rings. The van der Waals surface area contributed by atoms with E-state index in [1.54, 1.807) is 35.9 Å². The number of nitrogens with zero attached hydrogens (tertiary/aromatic N) is 2. The summed E-state index contributed by atoms with van der Waals surface area (Å²) in [5.41, 5.74) is 2.96. The molecule has 4 rings (SSSR count). The van der Waals surface area contributed by atoms with Crippen LogP contribution >= 0.6 is 11.3 Å². The van der Waals surface area contributed by atoms with Crippen LogP contribution in [0.15, 0.2) is 58.1 Å². The van der Waals surface area contributed by atoms with Gasteiger partial charge in [-0.05, 0) is 44.0 Å². The summed E-state index contributed by atoms with van der Waals surface area (Å²) in [6.07, 6.45) is 0. The first-order valence-corrected chi connectivity index (χ1v) is 10.2. The largest absolute Gasteiger partial charge is 0.497 e. The molecule has 2 aromatic carbocycles. The van der Waals surface area contributed by atoms with E-state index < -0.39 is 0 Å². The highest BCUT2D eigenvalue weighted by Gasteiger charge is 2.20. The van der Waals surface area contributed by atoms with Gasteiger partial charge in [0.1, 0.15) is 10.6 Å². The zero-order chi connectivity index (χ0) is 20.7. The minimum absolute atomic E-state index is 0.291. The number of aryl methyl sites for hydroxylation is 3. The van der Waals surface area contributed by atoms with Crippen molar-refractivity contribution in [1.29, 1.82) is 0 Å². The van der Waals surface area contributed by atoms with E-state index >= 15 is 0 Å².